The molecule has 2 aromatic rings. The predicted molar refractivity (Wildman–Crippen MR) is 193 cm³/mol. The summed E-state index contributed by atoms with van der Waals surface area (Å²) in [6.45, 7) is 40.8. The average molecular weight is 603 g/mol. The van der Waals surface area contributed by atoms with Gasteiger partial charge in [0.05, 0.1) is 0 Å². The second-order valence-electron chi connectivity index (χ2n) is 16.9. The fourth-order valence-electron chi connectivity index (χ4n) is 6.30. The van der Waals surface area contributed by atoms with E-state index in [2.05, 4.69) is 134 Å². The molecule has 0 bridgehead atoms. The van der Waals surface area contributed by atoms with Crippen LogP contribution in [0.15, 0.2) is 48.8 Å². The van der Waals surface area contributed by atoms with Crippen LogP contribution < -0.4 is 11.7 Å². The average Bonchev–Trinajstić information content (AvgIpc) is 2.90. The van der Waals surface area contributed by atoms with Crippen molar-refractivity contribution < 1.29 is 0 Å². The van der Waals surface area contributed by atoms with Crippen LogP contribution >= 0.6 is 0 Å². The minimum Gasteiger partial charge on any atom is -0.227 e. The quantitative estimate of drug-likeness (QED) is 0.198. The Morgan fingerprint density at radius 3 is 0.932 bits per heavy atom. The largest absolute Gasteiger partial charge is 0.227 e. The predicted octanol–water partition coefficient (Wildman–Crippen LogP) is 9.86. The van der Waals surface area contributed by atoms with E-state index in [1.165, 1.54) is 54.7 Å². The van der Waals surface area contributed by atoms with Gasteiger partial charge in [-0.2, -0.15) is 0 Å². The van der Waals surface area contributed by atoms with E-state index >= 15 is 0 Å². The molecule has 0 atom stereocenters. The van der Waals surface area contributed by atoms with Gasteiger partial charge < -0.3 is 0 Å². The van der Waals surface area contributed by atoms with Crippen LogP contribution in [0.2, 0.25) is 0 Å². The zero-order valence-electron chi connectivity index (χ0n) is 31.0. The summed E-state index contributed by atoms with van der Waals surface area (Å²) in [5.41, 5.74) is 13.1. The molecule has 2 aromatic carbocycles. The lowest BCUT2D eigenvalue weighted by atomic mass is 9.74. The van der Waals surface area contributed by atoms with E-state index in [9.17, 15) is 0 Å². The maximum atomic E-state index is 6.51. The van der Waals surface area contributed by atoms with Crippen molar-refractivity contribution in [3.05, 3.63) is 93.3 Å². The highest BCUT2D eigenvalue weighted by Gasteiger charge is 2.27. The zero-order valence-corrected chi connectivity index (χ0v) is 31.0. The Labute approximate surface area is 271 Å². The second-order valence-corrected chi connectivity index (χ2v) is 16.9. The van der Waals surface area contributed by atoms with Crippen LogP contribution in [0.5, 0.6) is 0 Å². The number of aryl methyl sites for hydroxylation is 2. The lowest BCUT2D eigenvalue weighted by Crippen LogP contribution is -2.50. The Morgan fingerprint density at radius 2 is 0.750 bits per heavy atom. The molecule has 4 N–H and O–H groups in total. The second kappa shape index (κ2) is 13.8. The highest BCUT2D eigenvalue weighted by Crippen LogP contribution is 2.37. The van der Waals surface area contributed by atoms with Crippen molar-refractivity contribution >= 4 is 0 Å². The van der Waals surface area contributed by atoms with Crippen molar-refractivity contribution in [2.24, 2.45) is 11.7 Å². The number of allylic oxidation sites excluding steroid dienone is 2. The molecule has 44 heavy (non-hydrogen) atoms. The van der Waals surface area contributed by atoms with Gasteiger partial charge in [-0.15, -0.1) is 0 Å². The Bertz CT molecular complexity index is 1150. The first kappa shape index (κ1) is 37.6. The highest BCUT2D eigenvalue weighted by atomic mass is 15.8. The van der Waals surface area contributed by atoms with E-state index < -0.39 is 0 Å². The van der Waals surface area contributed by atoms with Gasteiger partial charge in [0.25, 0.3) is 0 Å². The molecule has 4 heteroatoms. The van der Waals surface area contributed by atoms with Crippen molar-refractivity contribution in [1.82, 2.24) is 10.2 Å². The number of hydrogen-bond acceptors (Lipinski definition) is 4. The van der Waals surface area contributed by atoms with E-state index in [0.717, 1.165) is 37.1 Å². The van der Waals surface area contributed by atoms with Crippen LogP contribution in [0.1, 0.15) is 154 Å². The van der Waals surface area contributed by atoms with E-state index in [1.54, 1.807) is 0 Å². The smallest absolute Gasteiger partial charge is 0.0476 e. The first-order valence-electron chi connectivity index (χ1n) is 16.7. The molecule has 246 valence electrons. The molecule has 0 saturated carbocycles. The standard InChI is InChI=1S/C40H66N4/c1-17-31-33(37(5,6)7)23-29(24-34(31)38(8,9)10)21-19-27(3)43(41)44(42)28(4)20-22-30-25-35(39(11,12)13)32(18-2)36(26-30)40(14,15)16/h23-26H,3-4,17-22,41-42H2,1-2,5-16H3. The van der Waals surface area contributed by atoms with Gasteiger partial charge in [-0.3, -0.25) is 0 Å². The van der Waals surface area contributed by atoms with Gasteiger partial charge in [0.1, 0.15) is 0 Å². The molecule has 0 fully saturated rings. The van der Waals surface area contributed by atoms with Gasteiger partial charge in [-0.25, -0.2) is 21.9 Å². The summed E-state index contributed by atoms with van der Waals surface area (Å²) in [6, 6.07) is 9.57. The van der Waals surface area contributed by atoms with Crippen molar-refractivity contribution in [3.63, 3.8) is 0 Å². The molecule has 0 spiro atoms. The fraction of sp³-hybridized carbons (Fsp3) is 0.600. The molecule has 0 unspecified atom stereocenters. The Morgan fingerprint density at radius 1 is 0.523 bits per heavy atom. The monoisotopic (exact) mass is 603 g/mol. The number of hydrogen-bond donors (Lipinski definition) is 2. The first-order valence-corrected chi connectivity index (χ1v) is 16.7. The van der Waals surface area contributed by atoms with Crippen molar-refractivity contribution in [3.8, 4) is 0 Å². The Hall–Kier alpha value is -2.56. The molecule has 0 aliphatic rings. The van der Waals surface area contributed by atoms with Gasteiger partial charge in [0.15, 0.2) is 0 Å². The van der Waals surface area contributed by atoms with Gasteiger partial charge >= 0.3 is 0 Å². The third-order valence-corrected chi connectivity index (χ3v) is 8.84. The molecule has 0 amide bonds. The number of hydrazine groups is 3. The molecule has 0 heterocycles. The first-order chi connectivity index (χ1) is 19.9. The summed E-state index contributed by atoms with van der Waals surface area (Å²) in [5.74, 6) is 13.0. The minimum atomic E-state index is 0.0716. The van der Waals surface area contributed by atoms with Crippen LogP contribution in [0.3, 0.4) is 0 Å². The SMILES string of the molecule is C=C(CCc1cc(C(C)(C)C)c(CC)c(C(C)(C)C)c1)N(N)N(N)C(=C)CCc1cc(C(C)(C)C)c(CC)c(C(C)(C)C)c1. The molecule has 0 aliphatic heterocycles. The highest BCUT2D eigenvalue weighted by molar-refractivity contribution is 5.47. The third kappa shape index (κ3) is 9.23. The van der Waals surface area contributed by atoms with Crippen molar-refractivity contribution in [2.75, 3.05) is 0 Å². The van der Waals surface area contributed by atoms with E-state index in [1.807, 2.05) is 0 Å². The van der Waals surface area contributed by atoms with Crippen LogP contribution in [0.25, 0.3) is 0 Å². The van der Waals surface area contributed by atoms with Crippen molar-refractivity contribution in [1.29, 1.82) is 0 Å². The minimum absolute atomic E-state index is 0.0716. The van der Waals surface area contributed by atoms with Crippen LogP contribution in [0.4, 0.5) is 0 Å². The Balaban J connectivity index is 2.21. The molecular formula is C40H66N4. The maximum Gasteiger partial charge on any atom is 0.0476 e. The van der Waals surface area contributed by atoms with Gasteiger partial charge in [0.2, 0.25) is 0 Å². The number of nitrogens with zero attached hydrogens (tertiary/aromatic N) is 2. The van der Waals surface area contributed by atoms with E-state index in [0.29, 0.717) is 12.8 Å². The topological polar surface area (TPSA) is 58.5 Å². The van der Waals surface area contributed by atoms with Gasteiger partial charge in [0, 0.05) is 11.4 Å². The zero-order chi connectivity index (χ0) is 34.0. The summed E-state index contributed by atoms with van der Waals surface area (Å²) < 4.78 is 0. The fourth-order valence-corrected chi connectivity index (χ4v) is 6.30. The molecule has 0 saturated heterocycles. The summed E-state index contributed by atoms with van der Waals surface area (Å²) in [6.07, 6.45) is 5.17. The van der Waals surface area contributed by atoms with Gasteiger partial charge in [-0.1, -0.05) is 134 Å². The lowest BCUT2D eigenvalue weighted by Gasteiger charge is -2.34. The van der Waals surface area contributed by atoms with Crippen LogP contribution in [-0.4, -0.2) is 10.2 Å². The molecule has 0 radical (unpaired) electrons. The molecular weight excluding hydrogens is 536 g/mol. The van der Waals surface area contributed by atoms with E-state index in [-0.39, 0.29) is 21.7 Å². The number of benzene rings is 2. The number of nitrogens with two attached hydrogens (primary N) is 2. The number of rotatable bonds is 11. The summed E-state index contributed by atoms with van der Waals surface area (Å²) in [4.78, 5) is 0. The normalized spacial score (nSPS) is 12.8. The molecule has 0 aromatic heterocycles. The summed E-state index contributed by atoms with van der Waals surface area (Å²) >= 11 is 0. The van der Waals surface area contributed by atoms with Crippen LogP contribution in [-0.2, 0) is 47.3 Å². The van der Waals surface area contributed by atoms with Gasteiger partial charge in [-0.05, 0) is 105 Å². The maximum absolute atomic E-state index is 6.51. The lowest BCUT2D eigenvalue weighted by molar-refractivity contribution is 0.0375. The van der Waals surface area contributed by atoms with Crippen LogP contribution in [0, 0.1) is 0 Å². The third-order valence-electron chi connectivity index (χ3n) is 8.84. The molecule has 0 aliphatic carbocycles. The van der Waals surface area contributed by atoms with E-state index in [4.69, 9.17) is 11.7 Å². The summed E-state index contributed by atoms with van der Waals surface area (Å²) in [5, 5.41) is 2.94. The molecule has 2 rings (SSSR count). The summed E-state index contributed by atoms with van der Waals surface area (Å²) in [7, 11) is 0. The molecule has 4 nitrogen and oxygen atoms in total. The Kier molecular flexibility index (Phi) is 11.8. The van der Waals surface area contributed by atoms with Crippen molar-refractivity contribution in [2.45, 2.75) is 157 Å².